The smallest absolute Gasteiger partial charge is 0.326 e. The number of rotatable bonds is 6. The number of nitro groups is 1. The third-order valence-electron chi connectivity index (χ3n) is 3.86. The van der Waals surface area contributed by atoms with Crippen LogP contribution >= 0.6 is 0 Å². The molecule has 29 heavy (non-hydrogen) atoms. The van der Waals surface area contributed by atoms with Crippen LogP contribution in [0.25, 0.3) is 0 Å². The topological polar surface area (TPSA) is 128 Å². The minimum atomic E-state index is -0.910. The average Bonchev–Trinajstić information content (AvgIpc) is 2.68. The number of anilines is 2. The van der Waals surface area contributed by atoms with Crippen LogP contribution in [0.3, 0.4) is 0 Å². The Kier molecular flexibility index (Phi) is 5.67. The van der Waals surface area contributed by atoms with Crippen molar-refractivity contribution in [1.82, 2.24) is 0 Å². The lowest BCUT2D eigenvalue weighted by Crippen LogP contribution is -2.42. The predicted octanol–water partition coefficient (Wildman–Crippen LogP) is 1.64. The molecule has 0 bridgehead atoms. The SMILES string of the molecule is O=C(COC(=O)CN1C(=O)COc2ccc([N+](=O)[O-])cc21)Nc1cccc(F)c1. The molecule has 0 spiro atoms. The van der Waals surface area contributed by atoms with Gasteiger partial charge in [-0.3, -0.25) is 29.4 Å². The number of non-ortho nitro benzene ring substituents is 1. The molecule has 1 heterocycles. The molecule has 0 saturated carbocycles. The quantitative estimate of drug-likeness (QED) is 0.441. The maximum atomic E-state index is 13.1. The fourth-order valence-corrected chi connectivity index (χ4v) is 2.56. The molecule has 0 fully saturated rings. The number of fused-ring (bicyclic) bond motifs is 1. The molecule has 0 aliphatic carbocycles. The first-order chi connectivity index (χ1) is 13.8. The normalized spacial score (nSPS) is 12.6. The molecule has 2 aromatic carbocycles. The Bertz CT molecular complexity index is 995. The summed E-state index contributed by atoms with van der Waals surface area (Å²) in [6.45, 7) is -1.57. The molecule has 1 N–H and O–H groups in total. The van der Waals surface area contributed by atoms with Crippen molar-refractivity contribution in [2.45, 2.75) is 0 Å². The number of amides is 2. The van der Waals surface area contributed by atoms with Crippen LogP contribution in [-0.2, 0) is 19.1 Å². The lowest BCUT2D eigenvalue weighted by molar-refractivity contribution is -0.384. The van der Waals surface area contributed by atoms with Crippen molar-refractivity contribution in [3.63, 3.8) is 0 Å². The van der Waals surface area contributed by atoms with E-state index in [1.165, 1.54) is 30.3 Å². The van der Waals surface area contributed by atoms with Gasteiger partial charge in [0.1, 0.15) is 18.1 Å². The average molecular weight is 403 g/mol. The van der Waals surface area contributed by atoms with E-state index in [1.54, 1.807) is 0 Å². The molecular weight excluding hydrogens is 389 g/mol. The second-order valence-electron chi connectivity index (χ2n) is 5.90. The van der Waals surface area contributed by atoms with Gasteiger partial charge in [-0.05, 0) is 24.3 Å². The van der Waals surface area contributed by atoms with E-state index < -0.39 is 41.7 Å². The summed E-state index contributed by atoms with van der Waals surface area (Å²) < 4.78 is 23.1. The van der Waals surface area contributed by atoms with E-state index in [0.717, 1.165) is 17.0 Å². The van der Waals surface area contributed by atoms with E-state index in [0.29, 0.717) is 0 Å². The summed E-state index contributed by atoms with van der Waals surface area (Å²) in [6, 6.07) is 8.80. The van der Waals surface area contributed by atoms with Gasteiger partial charge in [-0.1, -0.05) is 6.07 Å². The maximum absolute atomic E-state index is 13.1. The van der Waals surface area contributed by atoms with E-state index in [9.17, 15) is 28.9 Å². The van der Waals surface area contributed by atoms with Crippen molar-refractivity contribution in [1.29, 1.82) is 0 Å². The molecule has 0 atom stereocenters. The number of halogens is 1. The van der Waals surface area contributed by atoms with Gasteiger partial charge in [0, 0.05) is 17.8 Å². The van der Waals surface area contributed by atoms with E-state index >= 15 is 0 Å². The third-order valence-corrected chi connectivity index (χ3v) is 3.86. The Hall–Kier alpha value is -4.02. The Morgan fingerprint density at radius 3 is 2.79 bits per heavy atom. The van der Waals surface area contributed by atoms with Gasteiger partial charge in [0.05, 0.1) is 10.6 Å². The molecule has 1 aliphatic heterocycles. The molecule has 0 radical (unpaired) electrons. The van der Waals surface area contributed by atoms with Gasteiger partial charge in [0.2, 0.25) is 0 Å². The Balaban J connectivity index is 1.62. The van der Waals surface area contributed by atoms with Crippen LogP contribution in [0.1, 0.15) is 0 Å². The van der Waals surface area contributed by atoms with Crippen LogP contribution in [0.4, 0.5) is 21.5 Å². The van der Waals surface area contributed by atoms with Gasteiger partial charge in [-0.15, -0.1) is 0 Å². The van der Waals surface area contributed by atoms with E-state index in [4.69, 9.17) is 9.47 Å². The van der Waals surface area contributed by atoms with Crippen LogP contribution < -0.4 is 15.0 Å². The highest BCUT2D eigenvalue weighted by Gasteiger charge is 2.29. The Morgan fingerprint density at radius 2 is 2.07 bits per heavy atom. The van der Waals surface area contributed by atoms with Crippen molar-refractivity contribution < 1.29 is 33.2 Å². The molecule has 2 aromatic rings. The van der Waals surface area contributed by atoms with Crippen LogP contribution in [0, 0.1) is 15.9 Å². The highest BCUT2D eigenvalue weighted by Crippen LogP contribution is 2.35. The fourth-order valence-electron chi connectivity index (χ4n) is 2.56. The minimum absolute atomic E-state index is 0.0524. The van der Waals surface area contributed by atoms with Gasteiger partial charge in [0.15, 0.2) is 13.2 Å². The Morgan fingerprint density at radius 1 is 1.28 bits per heavy atom. The zero-order valence-corrected chi connectivity index (χ0v) is 14.8. The first-order valence-electron chi connectivity index (χ1n) is 8.26. The molecule has 150 valence electrons. The summed E-state index contributed by atoms with van der Waals surface area (Å²) in [5, 5.41) is 13.3. The zero-order valence-electron chi connectivity index (χ0n) is 14.8. The van der Waals surface area contributed by atoms with Crippen LogP contribution in [0.2, 0.25) is 0 Å². The number of esters is 1. The molecule has 0 saturated heterocycles. The molecule has 11 heteroatoms. The minimum Gasteiger partial charge on any atom is -0.482 e. The van der Waals surface area contributed by atoms with Crippen molar-refractivity contribution in [2.24, 2.45) is 0 Å². The largest absolute Gasteiger partial charge is 0.482 e. The van der Waals surface area contributed by atoms with Gasteiger partial charge in [-0.25, -0.2) is 4.39 Å². The van der Waals surface area contributed by atoms with Gasteiger partial charge >= 0.3 is 5.97 Å². The standard InChI is InChI=1S/C18H14FN3O7/c19-11-2-1-3-12(6-11)20-16(23)9-29-18(25)8-21-14-7-13(22(26)27)4-5-15(14)28-10-17(21)24/h1-7H,8-10H2,(H,20,23). The highest BCUT2D eigenvalue weighted by molar-refractivity contribution is 6.02. The Labute approximate surface area is 163 Å². The second-order valence-corrected chi connectivity index (χ2v) is 5.90. The highest BCUT2D eigenvalue weighted by atomic mass is 19.1. The number of carbonyl (C=O) groups is 3. The van der Waals surface area contributed by atoms with Gasteiger partial charge in [0.25, 0.3) is 17.5 Å². The maximum Gasteiger partial charge on any atom is 0.326 e. The number of nitro benzene ring substituents is 1. The van der Waals surface area contributed by atoms with Crippen molar-refractivity contribution >= 4 is 34.8 Å². The molecule has 1 aliphatic rings. The van der Waals surface area contributed by atoms with Crippen molar-refractivity contribution in [3.05, 3.63) is 58.4 Å². The van der Waals surface area contributed by atoms with Crippen LogP contribution in [0.5, 0.6) is 5.75 Å². The summed E-state index contributed by atoms with van der Waals surface area (Å²) in [5.41, 5.74) is -0.0397. The summed E-state index contributed by atoms with van der Waals surface area (Å²) in [4.78, 5) is 47.3. The number of hydrogen-bond acceptors (Lipinski definition) is 7. The summed E-state index contributed by atoms with van der Waals surface area (Å²) in [7, 11) is 0. The summed E-state index contributed by atoms with van der Waals surface area (Å²) >= 11 is 0. The number of carbonyl (C=O) groups excluding carboxylic acids is 3. The zero-order chi connectivity index (χ0) is 21.0. The van der Waals surface area contributed by atoms with Gasteiger partial charge in [-0.2, -0.15) is 0 Å². The number of hydrogen-bond donors (Lipinski definition) is 1. The summed E-state index contributed by atoms with van der Waals surface area (Å²) in [5.74, 6) is -2.55. The van der Waals surface area contributed by atoms with E-state index in [-0.39, 0.29) is 29.4 Å². The number of nitrogens with zero attached hydrogens (tertiary/aromatic N) is 2. The first-order valence-corrected chi connectivity index (χ1v) is 8.26. The van der Waals surface area contributed by atoms with Crippen molar-refractivity contribution in [3.8, 4) is 5.75 Å². The lowest BCUT2D eigenvalue weighted by atomic mass is 10.2. The van der Waals surface area contributed by atoms with E-state index in [2.05, 4.69) is 5.32 Å². The molecule has 0 aromatic heterocycles. The number of benzene rings is 2. The fraction of sp³-hybridized carbons (Fsp3) is 0.167. The van der Waals surface area contributed by atoms with Crippen LogP contribution in [-0.4, -0.2) is 42.5 Å². The molecular formula is C18H14FN3O7. The van der Waals surface area contributed by atoms with Crippen LogP contribution in [0.15, 0.2) is 42.5 Å². The predicted molar refractivity (Wildman–Crippen MR) is 96.9 cm³/mol. The monoisotopic (exact) mass is 403 g/mol. The van der Waals surface area contributed by atoms with Crippen molar-refractivity contribution in [2.75, 3.05) is 30.0 Å². The molecule has 2 amide bonds. The molecule has 0 unspecified atom stereocenters. The third kappa shape index (κ3) is 4.83. The van der Waals surface area contributed by atoms with Gasteiger partial charge < -0.3 is 14.8 Å². The summed E-state index contributed by atoms with van der Waals surface area (Å²) in [6.07, 6.45) is 0. The molecule has 10 nitrogen and oxygen atoms in total. The number of nitrogens with one attached hydrogen (secondary N) is 1. The first kappa shape index (κ1) is 19.7. The number of ether oxygens (including phenoxy) is 2. The second kappa shape index (κ2) is 8.33. The van der Waals surface area contributed by atoms with E-state index in [1.807, 2.05) is 0 Å². The lowest BCUT2D eigenvalue weighted by Gasteiger charge is -2.28. The molecule has 3 rings (SSSR count).